The summed E-state index contributed by atoms with van der Waals surface area (Å²) in [7, 11) is 0. The normalized spacial score (nSPS) is 10.5. The molecule has 1 aromatic heterocycles. The van der Waals surface area contributed by atoms with Gasteiger partial charge >= 0.3 is 0 Å². The summed E-state index contributed by atoms with van der Waals surface area (Å²) in [4.78, 5) is 12.2. The highest BCUT2D eigenvalue weighted by Crippen LogP contribution is 2.23. The highest BCUT2D eigenvalue weighted by atomic mass is 127. The molecule has 0 atom stereocenters. The van der Waals surface area contributed by atoms with Gasteiger partial charge in [-0.05, 0) is 121 Å². The Morgan fingerprint density at radius 3 is 2.26 bits per heavy atom. The number of benzene rings is 3. The van der Waals surface area contributed by atoms with Crippen LogP contribution >= 0.6 is 22.6 Å². The van der Waals surface area contributed by atoms with E-state index >= 15 is 0 Å². The number of fused-ring (bicyclic) bond motifs is 1. The number of rotatable bonds is 2. The molecule has 4 rings (SSSR count). The summed E-state index contributed by atoms with van der Waals surface area (Å²) < 4.78 is 6.91. The van der Waals surface area contributed by atoms with Crippen molar-refractivity contribution in [2.45, 2.75) is 34.6 Å². The Kier molecular flexibility index (Phi) is 7.05. The van der Waals surface area contributed by atoms with E-state index in [9.17, 15) is 4.79 Å². The second-order valence-corrected chi connectivity index (χ2v) is 8.89. The van der Waals surface area contributed by atoms with E-state index < -0.39 is 0 Å². The lowest BCUT2D eigenvalue weighted by molar-refractivity contribution is 0.0998. The number of para-hydroxylation sites is 1. The zero-order valence-electron chi connectivity index (χ0n) is 18.5. The molecule has 0 spiro atoms. The zero-order chi connectivity index (χ0) is 22.7. The Balaban J connectivity index is 0.000000210. The minimum Gasteiger partial charge on any atom is -0.451 e. The standard InChI is InChI=1S/C16H14N2O2.C10H13I/c1-10-8-12(17)6-7-13(10)18-16(19)15-9-11-4-2-3-5-14(11)20-15;1-6-5-10(11)9(4)8(3)7(6)2/h2-9H,17H2,1H3,(H,18,19);5H,1-4H3. The Morgan fingerprint density at radius 1 is 0.871 bits per heavy atom. The van der Waals surface area contributed by atoms with Crippen molar-refractivity contribution in [1.82, 2.24) is 0 Å². The van der Waals surface area contributed by atoms with Crippen LogP contribution in [0.25, 0.3) is 11.0 Å². The highest BCUT2D eigenvalue weighted by molar-refractivity contribution is 14.1. The van der Waals surface area contributed by atoms with Crippen LogP contribution in [0.1, 0.15) is 38.4 Å². The molecule has 0 aliphatic carbocycles. The van der Waals surface area contributed by atoms with Crippen molar-refractivity contribution in [1.29, 1.82) is 0 Å². The van der Waals surface area contributed by atoms with Gasteiger partial charge in [-0.2, -0.15) is 0 Å². The number of nitrogen functional groups attached to an aromatic ring is 1. The average molecular weight is 526 g/mol. The van der Waals surface area contributed by atoms with E-state index in [0.29, 0.717) is 17.0 Å². The number of amides is 1. The number of halogens is 1. The molecule has 3 N–H and O–H groups in total. The fourth-order valence-corrected chi connectivity index (χ4v) is 4.14. The molecule has 0 fully saturated rings. The number of hydrogen-bond donors (Lipinski definition) is 2. The molecule has 0 unspecified atom stereocenters. The molecular formula is C26H27IN2O2. The summed E-state index contributed by atoms with van der Waals surface area (Å²) in [5.74, 6) is 0.0245. The topological polar surface area (TPSA) is 68.3 Å². The molecule has 0 saturated heterocycles. The van der Waals surface area contributed by atoms with E-state index in [4.69, 9.17) is 10.2 Å². The first-order valence-corrected chi connectivity index (χ1v) is 11.1. The second-order valence-electron chi connectivity index (χ2n) is 7.73. The predicted molar refractivity (Wildman–Crippen MR) is 138 cm³/mol. The van der Waals surface area contributed by atoms with Gasteiger partial charge in [0.15, 0.2) is 5.76 Å². The van der Waals surface area contributed by atoms with E-state index in [1.807, 2.05) is 37.3 Å². The van der Waals surface area contributed by atoms with Crippen LogP contribution in [-0.2, 0) is 0 Å². The minimum atomic E-state index is -0.269. The van der Waals surface area contributed by atoms with E-state index in [-0.39, 0.29) is 5.91 Å². The van der Waals surface area contributed by atoms with Crippen LogP contribution in [0.4, 0.5) is 11.4 Å². The van der Waals surface area contributed by atoms with E-state index in [1.165, 1.54) is 25.8 Å². The van der Waals surface area contributed by atoms with E-state index in [2.05, 4.69) is 61.7 Å². The second kappa shape index (κ2) is 9.56. The minimum absolute atomic E-state index is 0.269. The number of hydrogen-bond acceptors (Lipinski definition) is 3. The Labute approximate surface area is 197 Å². The van der Waals surface area contributed by atoms with Gasteiger partial charge in [0.05, 0.1) is 0 Å². The smallest absolute Gasteiger partial charge is 0.291 e. The first-order chi connectivity index (χ1) is 14.7. The van der Waals surface area contributed by atoms with Gasteiger partial charge in [-0.3, -0.25) is 4.79 Å². The molecule has 1 heterocycles. The summed E-state index contributed by atoms with van der Waals surface area (Å²) in [6, 6.07) is 16.8. The van der Waals surface area contributed by atoms with Gasteiger partial charge in [0.1, 0.15) is 5.58 Å². The number of carbonyl (C=O) groups excluding carboxylic acids is 1. The number of aryl methyl sites for hydroxylation is 2. The predicted octanol–water partition coefficient (Wildman–Crippen LogP) is 7.10. The van der Waals surface area contributed by atoms with E-state index in [1.54, 1.807) is 18.2 Å². The molecule has 4 nitrogen and oxygen atoms in total. The van der Waals surface area contributed by atoms with Gasteiger partial charge < -0.3 is 15.5 Å². The fraction of sp³-hybridized carbons (Fsp3) is 0.192. The number of nitrogens with one attached hydrogen (secondary N) is 1. The van der Waals surface area contributed by atoms with Crippen LogP contribution in [0, 0.1) is 38.2 Å². The maximum absolute atomic E-state index is 12.2. The maximum Gasteiger partial charge on any atom is 0.291 e. The van der Waals surface area contributed by atoms with Crippen LogP contribution in [0.3, 0.4) is 0 Å². The van der Waals surface area contributed by atoms with Crippen LogP contribution in [-0.4, -0.2) is 5.91 Å². The largest absolute Gasteiger partial charge is 0.451 e. The Hall–Kier alpha value is -2.80. The molecule has 0 radical (unpaired) electrons. The molecule has 0 aliphatic heterocycles. The molecule has 31 heavy (non-hydrogen) atoms. The van der Waals surface area contributed by atoms with Crippen LogP contribution in [0.2, 0.25) is 0 Å². The highest BCUT2D eigenvalue weighted by Gasteiger charge is 2.13. The number of carbonyl (C=O) groups is 1. The summed E-state index contributed by atoms with van der Waals surface area (Å²) in [6.45, 7) is 10.6. The number of nitrogens with two attached hydrogens (primary N) is 1. The van der Waals surface area contributed by atoms with Gasteiger partial charge in [0, 0.05) is 20.3 Å². The van der Waals surface area contributed by atoms with Gasteiger partial charge in [-0.1, -0.05) is 18.2 Å². The lowest BCUT2D eigenvalue weighted by Crippen LogP contribution is -2.11. The fourth-order valence-electron chi connectivity index (χ4n) is 3.27. The lowest BCUT2D eigenvalue weighted by atomic mass is 10.0. The first kappa shape index (κ1) is 22.9. The third-order valence-corrected chi connectivity index (χ3v) is 6.69. The van der Waals surface area contributed by atoms with Gasteiger partial charge in [-0.25, -0.2) is 0 Å². The molecule has 1 amide bonds. The average Bonchev–Trinajstić information content (AvgIpc) is 3.18. The summed E-state index contributed by atoms with van der Waals surface area (Å²) in [5.41, 5.74) is 14.4. The zero-order valence-corrected chi connectivity index (χ0v) is 20.6. The van der Waals surface area contributed by atoms with Crippen molar-refractivity contribution in [3.05, 3.63) is 91.7 Å². The molecule has 0 aliphatic rings. The van der Waals surface area contributed by atoms with Gasteiger partial charge in [0.2, 0.25) is 0 Å². The molecule has 0 saturated carbocycles. The summed E-state index contributed by atoms with van der Waals surface area (Å²) >= 11 is 2.39. The molecule has 5 heteroatoms. The monoisotopic (exact) mass is 526 g/mol. The SMILES string of the molecule is Cc1cc(I)c(C)c(C)c1C.Cc1cc(N)ccc1NC(=O)c1cc2ccccc2o1. The van der Waals surface area contributed by atoms with Crippen LogP contribution in [0.15, 0.2) is 59.0 Å². The third-order valence-electron chi connectivity index (χ3n) is 5.57. The van der Waals surface area contributed by atoms with E-state index in [0.717, 1.165) is 16.6 Å². The van der Waals surface area contributed by atoms with Crippen LogP contribution < -0.4 is 11.1 Å². The van der Waals surface area contributed by atoms with Crippen molar-refractivity contribution in [2.24, 2.45) is 0 Å². The van der Waals surface area contributed by atoms with Gasteiger partial charge in [-0.15, -0.1) is 0 Å². The summed E-state index contributed by atoms with van der Waals surface area (Å²) in [6.07, 6.45) is 0. The Bertz CT molecular complexity index is 1200. The number of furan rings is 1. The van der Waals surface area contributed by atoms with Crippen molar-refractivity contribution in [2.75, 3.05) is 11.1 Å². The molecule has 0 bridgehead atoms. The lowest BCUT2D eigenvalue weighted by Gasteiger charge is -2.09. The molecule has 160 valence electrons. The number of anilines is 2. The van der Waals surface area contributed by atoms with Crippen molar-refractivity contribution in [3.8, 4) is 0 Å². The van der Waals surface area contributed by atoms with Gasteiger partial charge in [0.25, 0.3) is 5.91 Å². The third kappa shape index (κ3) is 5.28. The quantitative estimate of drug-likeness (QED) is 0.216. The van der Waals surface area contributed by atoms with Crippen molar-refractivity contribution < 1.29 is 9.21 Å². The summed E-state index contributed by atoms with van der Waals surface area (Å²) in [5, 5.41) is 3.74. The maximum atomic E-state index is 12.2. The van der Waals surface area contributed by atoms with Crippen molar-refractivity contribution in [3.63, 3.8) is 0 Å². The molecule has 4 aromatic rings. The molecule has 3 aromatic carbocycles. The Morgan fingerprint density at radius 2 is 1.58 bits per heavy atom. The molecular weight excluding hydrogens is 499 g/mol. The first-order valence-electron chi connectivity index (χ1n) is 10.1. The van der Waals surface area contributed by atoms with Crippen molar-refractivity contribution >= 4 is 50.8 Å². The van der Waals surface area contributed by atoms with Crippen LogP contribution in [0.5, 0.6) is 0 Å².